The molecule has 0 aliphatic carbocycles. The number of ether oxygens (including phenoxy) is 1. The average Bonchev–Trinajstić information content (AvgIpc) is 2.06. The molecule has 0 aromatic carbocycles. The van der Waals surface area contributed by atoms with E-state index in [9.17, 15) is 0 Å². The number of hydrogen-bond donors (Lipinski definition) is 0. The van der Waals surface area contributed by atoms with Gasteiger partial charge in [0.1, 0.15) is 0 Å². The summed E-state index contributed by atoms with van der Waals surface area (Å²) in [5.41, 5.74) is 0. The van der Waals surface area contributed by atoms with Crippen LogP contribution in [0.2, 0.25) is 0 Å². The van der Waals surface area contributed by atoms with Crippen LogP contribution >= 0.6 is 23.2 Å². The van der Waals surface area contributed by atoms with Crippen molar-refractivity contribution in [3.8, 4) is 0 Å². The van der Waals surface area contributed by atoms with Crippen molar-refractivity contribution < 1.29 is 4.74 Å². The number of rotatable bonds is 5. The van der Waals surface area contributed by atoms with Crippen molar-refractivity contribution in [3.05, 3.63) is 0 Å². The molecule has 0 aliphatic rings. The minimum absolute atomic E-state index is 0.557. The molecule has 0 aromatic heterocycles. The Morgan fingerprint density at radius 2 is 1.27 bits per heavy atom. The van der Waals surface area contributed by atoms with Crippen molar-refractivity contribution in [3.63, 3.8) is 0 Å². The van der Waals surface area contributed by atoms with Gasteiger partial charge in [-0.25, -0.2) is 0 Å². The highest BCUT2D eigenvalue weighted by Crippen LogP contribution is 1.81. The summed E-state index contributed by atoms with van der Waals surface area (Å²) in [6.45, 7) is 6.09. The predicted molar refractivity (Wildman–Crippen MR) is 52.8 cm³/mol. The first-order valence-electron chi connectivity index (χ1n) is 4.03. The van der Waals surface area contributed by atoms with Crippen molar-refractivity contribution in [2.75, 3.05) is 25.0 Å². The summed E-state index contributed by atoms with van der Waals surface area (Å²) in [5, 5.41) is 0. The summed E-state index contributed by atoms with van der Waals surface area (Å²) in [4.78, 5) is 0. The molecule has 11 heavy (non-hydrogen) atoms. The minimum atomic E-state index is 0.557. The molecule has 0 amide bonds. The second-order valence-electron chi connectivity index (χ2n) is 1.99. The van der Waals surface area contributed by atoms with E-state index >= 15 is 0 Å². The Labute approximate surface area is 80.0 Å². The van der Waals surface area contributed by atoms with Gasteiger partial charge in [0.15, 0.2) is 0 Å². The molecule has 0 atom stereocenters. The quantitative estimate of drug-likeness (QED) is 0.489. The van der Waals surface area contributed by atoms with Gasteiger partial charge in [0.25, 0.3) is 0 Å². The van der Waals surface area contributed by atoms with E-state index in [2.05, 4.69) is 13.8 Å². The van der Waals surface area contributed by atoms with Crippen molar-refractivity contribution in [2.24, 2.45) is 0 Å². The van der Waals surface area contributed by atoms with E-state index in [4.69, 9.17) is 27.9 Å². The summed E-state index contributed by atoms with van der Waals surface area (Å²) < 4.78 is 5.13. The van der Waals surface area contributed by atoms with E-state index in [0.717, 1.165) is 26.1 Å². The van der Waals surface area contributed by atoms with Gasteiger partial charge >= 0.3 is 0 Å². The fraction of sp³-hybridized carbons (Fsp3) is 1.00. The first-order valence-corrected chi connectivity index (χ1v) is 5.10. The topological polar surface area (TPSA) is 9.23 Å². The molecule has 0 radical (unpaired) electrons. The van der Waals surface area contributed by atoms with E-state index in [1.54, 1.807) is 0 Å². The van der Waals surface area contributed by atoms with E-state index < -0.39 is 0 Å². The molecule has 0 heterocycles. The molecule has 0 spiro atoms. The highest BCUT2D eigenvalue weighted by molar-refractivity contribution is 6.25. The maximum Gasteiger partial charge on any atom is 0.0463 e. The van der Waals surface area contributed by atoms with Crippen LogP contribution in [0.15, 0.2) is 0 Å². The zero-order valence-electron chi connectivity index (χ0n) is 7.41. The second-order valence-corrected chi connectivity index (χ2v) is 2.75. The molecule has 0 aromatic rings. The standard InChI is InChI=1S/C6H14O.C2H4Cl2/c1-3-5-7-6-4-2;3-1-2-4/h3-6H2,1-2H3;1-2H2. The van der Waals surface area contributed by atoms with Crippen LogP contribution in [0.1, 0.15) is 26.7 Å². The molecule has 70 valence electrons. The number of alkyl halides is 2. The Hall–Kier alpha value is 0.540. The molecule has 3 heteroatoms. The summed E-state index contributed by atoms with van der Waals surface area (Å²) in [5.74, 6) is 1.11. The smallest absolute Gasteiger partial charge is 0.0463 e. The van der Waals surface area contributed by atoms with E-state index in [1.807, 2.05) is 0 Å². The van der Waals surface area contributed by atoms with Gasteiger partial charge < -0.3 is 4.74 Å². The lowest BCUT2D eigenvalue weighted by Crippen LogP contribution is -1.92. The van der Waals surface area contributed by atoms with Crippen molar-refractivity contribution >= 4 is 23.2 Å². The normalized spacial score (nSPS) is 8.73. The molecule has 0 N–H and O–H groups in total. The van der Waals surface area contributed by atoms with Crippen LogP contribution < -0.4 is 0 Å². The predicted octanol–water partition coefficient (Wildman–Crippen LogP) is 3.29. The largest absolute Gasteiger partial charge is 0.381 e. The molecule has 0 fully saturated rings. The Morgan fingerprint density at radius 3 is 1.45 bits per heavy atom. The molecule has 0 bridgehead atoms. The zero-order chi connectivity index (χ0) is 8.95. The first-order chi connectivity index (χ1) is 5.33. The summed E-state index contributed by atoms with van der Waals surface area (Å²) in [7, 11) is 0. The third kappa shape index (κ3) is 25.0. The molecule has 0 aliphatic heterocycles. The van der Waals surface area contributed by atoms with Crippen LogP contribution in [0.3, 0.4) is 0 Å². The molecule has 0 unspecified atom stereocenters. The van der Waals surface area contributed by atoms with Gasteiger partial charge in [-0.15, -0.1) is 23.2 Å². The fourth-order valence-electron chi connectivity index (χ4n) is 0.391. The lowest BCUT2D eigenvalue weighted by atomic mass is 10.5. The first kappa shape index (κ1) is 14.1. The second kappa shape index (κ2) is 16.9. The van der Waals surface area contributed by atoms with Gasteiger partial charge in [0.2, 0.25) is 0 Å². The highest BCUT2D eigenvalue weighted by atomic mass is 35.5. The lowest BCUT2D eigenvalue weighted by molar-refractivity contribution is 0.135. The van der Waals surface area contributed by atoms with Crippen LogP contribution in [0.4, 0.5) is 0 Å². The van der Waals surface area contributed by atoms with Crippen LogP contribution in [-0.2, 0) is 4.74 Å². The van der Waals surface area contributed by atoms with Crippen LogP contribution in [0.25, 0.3) is 0 Å². The van der Waals surface area contributed by atoms with Gasteiger partial charge in [-0.3, -0.25) is 0 Å². The zero-order valence-corrected chi connectivity index (χ0v) is 8.92. The summed E-state index contributed by atoms with van der Waals surface area (Å²) in [6, 6.07) is 0. The number of hydrogen-bond acceptors (Lipinski definition) is 1. The third-order valence-corrected chi connectivity index (χ3v) is 1.34. The van der Waals surface area contributed by atoms with E-state index in [1.165, 1.54) is 0 Å². The van der Waals surface area contributed by atoms with E-state index in [0.29, 0.717) is 11.8 Å². The summed E-state index contributed by atoms with van der Waals surface area (Å²) >= 11 is 10.1. The van der Waals surface area contributed by atoms with Gasteiger partial charge in [0.05, 0.1) is 0 Å². The Bertz CT molecular complexity index is 45.4. The molecular formula is C8H18Cl2O. The lowest BCUT2D eigenvalue weighted by Gasteiger charge is -1.95. The van der Waals surface area contributed by atoms with Gasteiger partial charge in [-0.05, 0) is 12.8 Å². The van der Waals surface area contributed by atoms with Gasteiger partial charge in [-0.1, -0.05) is 13.8 Å². The van der Waals surface area contributed by atoms with Crippen LogP contribution in [-0.4, -0.2) is 25.0 Å². The van der Waals surface area contributed by atoms with Crippen molar-refractivity contribution in [2.45, 2.75) is 26.7 Å². The monoisotopic (exact) mass is 200 g/mol. The molecular weight excluding hydrogens is 183 g/mol. The Kier molecular flexibility index (Phi) is 21.6. The maximum atomic E-state index is 5.13. The number of halogens is 2. The Morgan fingerprint density at radius 1 is 0.909 bits per heavy atom. The minimum Gasteiger partial charge on any atom is -0.381 e. The third-order valence-electron chi connectivity index (χ3n) is 0.768. The summed E-state index contributed by atoms with van der Waals surface area (Å²) in [6.07, 6.45) is 2.28. The molecule has 0 saturated carbocycles. The highest BCUT2D eigenvalue weighted by Gasteiger charge is 1.77. The molecule has 0 saturated heterocycles. The molecule has 1 nitrogen and oxygen atoms in total. The average molecular weight is 201 g/mol. The molecule has 0 rings (SSSR count). The van der Waals surface area contributed by atoms with Crippen molar-refractivity contribution in [1.82, 2.24) is 0 Å². The van der Waals surface area contributed by atoms with Gasteiger partial charge in [-0.2, -0.15) is 0 Å². The fourth-order valence-corrected chi connectivity index (χ4v) is 0.391. The van der Waals surface area contributed by atoms with Crippen LogP contribution in [0, 0.1) is 0 Å². The maximum absolute atomic E-state index is 5.13. The Balaban J connectivity index is 0. The van der Waals surface area contributed by atoms with Crippen LogP contribution in [0.5, 0.6) is 0 Å². The van der Waals surface area contributed by atoms with Gasteiger partial charge in [0, 0.05) is 25.0 Å². The van der Waals surface area contributed by atoms with E-state index in [-0.39, 0.29) is 0 Å². The SMILES string of the molecule is CCCOCCC.ClCCCl. The van der Waals surface area contributed by atoms with Crippen molar-refractivity contribution in [1.29, 1.82) is 0 Å².